The van der Waals surface area contributed by atoms with E-state index in [0.29, 0.717) is 5.92 Å². The van der Waals surface area contributed by atoms with Crippen molar-refractivity contribution in [2.45, 2.75) is 51.5 Å². The van der Waals surface area contributed by atoms with E-state index >= 15 is 0 Å². The molecule has 88 valence electrons. The van der Waals surface area contributed by atoms with E-state index < -0.39 is 0 Å². The molecule has 2 nitrogen and oxygen atoms in total. The third-order valence-corrected chi connectivity index (χ3v) is 3.16. The van der Waals surface area contributed by atoms with Gasteiger partial charge in [-0.2, -0.15) is 0 Å². The third kappa shape index (κ3) is 4.80. The molecule has 1 aliphatic carbocycles. The zero-order valence-electron chi connectivity index (χ0n) is 10.2. The first-order valence-corrected chi connectivity index (χ1v) is 6.17. The van der Waals surface area contributed by atoms with Crippen LogP contribution in [0.15, 0.2) is 11.6 Å². The summed E-state index contributed by atoms with van der Waals surface area (Å²) in [6.45, 7) is 3.03. The lowest BCUT2D eigenvalue weighted by molar-refractivity contribution is 0.153. The Morgan fingerprint density at radius 2 is 2.20 bits per heavy atom. The first kappa shape index (κ1) is 12.7. The predicted molar refractivity (Wildman–Crippen MR) is 64.8 cm³/mol. The third-order valence-electron chi connectivity index (χ3n) is 3.16. The molecule has 0 aliphatic heterocycles. The molecule has 0 aromatic heterocycles. The van der Waals surface area contributed by atoms with Crippen LogP contribution in [0, 0.1) is 5.92 Å². The van der Waals surface area contributed by atoms with Crippen molar-refractivity contribution >= 4 is 0 Å². The van der Waals surface area contributed by atoms with Gasteiger partial charge in [-0.15, -0.1) is 0 Å². The van der Waals surface area contributed by atoms with E-state index in [1.807, 2.05) is 0 Å². The maximum Gasteiger partial charge on any atom is 0.0488 e. The molecule has 0 spiro atoms. The number of nitrogens with two attached hydrogens (primary N) is 1. The molecule has 0 amide bonds. The van der Waals surface area contributed by atoms with Crippen LogP contribution in [0.5, 0.6) is 0 Å². The van der Waals surface area contributed by atoms with Crippen LogP contribution in [0.25, 0.3) is 0 Å². The first-order valence-electron chi connectivity index (χ1n) is 6.17. The average molecular weight is 211 g/mol. The summed E-state index contributed by atoms with van der Waals surface area (Å²) in [5.41, 5.74) is 7.71. The fraction of sp³-hybridized carbons (Fsp3) is 0.846. The van der Waals surface area contributed by atoms with Crippen LogP contribution in [-0.2, 0) is 4.74 Å². The molecule has 0 saturated carbocycles. The molecular formula is C13H25NO. The topological polar surface area (TPSA) is 35.2 Å². The smallest absolute Gasteiger partial charge is 0.0488 e. The molecule has 2 atom stereocenters. The second-order valence-corrected chi connectivity index (χ2v) is 4.78. The molecule has 0 aromatic carbocycles. The molecule has 0 aromatic rings. The number of allylic oxidation sites excluding steroid dienone is 1. The summed E-state index contributed by atoms with van der Waals surface area (Å²) in [7, 11) is 1.76. The monoisotopic (exact) mass is 211 g/mol. The lowest BCUT2D eigenvalue weighted by atomic mass is 9.94. The molecule has 0 fully saturated rings. The van der Waals surface area contributed by atoms with Gasteiger partial charge in [-0.25, -0.2) is 0 Å². The summed E-state index contributed by atoms with van der Waals surface area (Å²) in [6, 6.07) is 0.258. The van der Waals surface area contributed by atoms with Crippen LogP contribution >= 0.6 is 0 Å². The Balaban J connectivity index is 2.37. The standard InChI is InChI=1S/C13H25NO/c1-11(10-15-2)9-13(14)12-7-5-3-4-6-8-12/h7,11,13H,3-6,8-10,14H2,1-2H3. The van der Waals surface area contributed by atoms with Gasteiger partial charge < -0.3 is 10.5 Å². The molecule has 2 N–H and O–H groups in total. The van der Waals surface area contributed by atoms with Crippen LogP contribution in [-0.4, -0.2) is 19.8 Å². The maximum absolute atomic E-state index is 6.23. The zero-order valence-corrected chi connectivity index (χ0v) is 10.2. The summed E-state index contributed by atoms with van der Waals surface area (Å²) in [5.74, 6) is 0.564. The zero-order chi connectivity index (χ0) is 11.1. The number of ether oxygens (including phenoxy) is 1. The van der Waals surface area contributed by atoms with Crippen molar-refractivity contribution in [2.75, 3.05) is 13.7 Å². The van der Waals surface area contributed by atoms with Gasteiger partial charge in [0.15, 0.2) is 0 Å². The van der Waals surface area contributed by atoms with Gasteiger partial charge in [-0.1, -0.05) is 25.0 Å². The summed E-state index contributed by atoms with van der Waals surface area (Å²) in [5, 5.41) is 0. The van der Waals surface area contributed by atoms with Crippen molar-refractivity contribution in [3.05, 3.63) is 11.6 Å². The largest absolute Gasteiger partial charge is 0.384 e. The SMILES string of the molecule is COCC(C)CC(N)C1=CCCCCC1. The van der Waals surface area contributed by atoms with Gasteiger partial charge in [0.1, 0.15) is 0 Å². The molecule has 0 saturated heterocycles. The number of hydrogen-bond donors (Lipinski definition) is 1. The van der Waals surface area contributed by atoms with Crippen molar-refractivity contribution in [3.8, 4) is 0 Å². The first-order chi connectivity index (χ1) is 7.24. The Bertz CT molecular complexity index is 201. The van der Waals surface area contributed by atoms with Crippen LogP contribution < -0.4 is 5.73 Å². The second kappa shape index (κ2) is 7.02. The molecule has 0 heterocycles. The Hall–Kier alpha value is -0.340. The lowest BCUT2D eigenvalue weighted by Gasteiger charge is -2.19. The Kier molecular flexibility index (Phi) is 5.96. The summed E-state index contributed by atoms with van der Waals surface area (Å²) < 4.78 is 5.14. The highest BCUT2D eigenvalue weighted by atomic mass is 16.5. The fourth-order valence-corrected chi connectivity index (χ4v) is 2.31. The summed E-state index contributed by atoms with van der Waals surface area (Å²) in [6.07, 6.45) is 9.88. The van der Waals surface area contributed by atoms with Crippen LogP contribution in [0.1, 0.15) is 45.4 Å². The van der Waals surface area contributed by atoms with E-state index in [4.69, 9.17) is 10.5 Å². The second-order valence-electron chi connectivity index (χ2n) is 4.78. The highest BCUT2D eigenvalue weighted by molar-refractivity contribution is 5.11. The molecule has 1 rings (SSSR count). The minimum absolute atomic E-state index is 0.258. The molecule has 15 heavy (non-hydrogen) atoms. The van der Waals surface area contributed by atoms with Crippen molar-refractivity contribution in [1.82, 2.24) is 0 Å². The van der Waals surface area contributed by atoms with Gasteiger partial charge in [0, 0.05) is 19.8 Å². The number of rotatable bonds is 5. The van der Waals surface area contributed by atoms with Gasteiger partial charge in [-0.05, 0) is 38.0 Å². The molecule has 0 bridgehead atoms. The van der Waals surface area contributed by atoms with Crippen LogP contribution in [0.3, 0.4) is 0 Å². The van der Waals surface area contributed by atoms with E-state index in [1.54, 1.807) is 7.11 Å². The Labute approximate surface area is 93.9 Å². The molecular weight excluding hydrogens is 186 g/mol. The molecule has 2 unspecified atom stereocenters. The number of hydrogen-bond acceptors (Lipinski definition) is 2. The minimum Gasteiger partial charge on any atom is -0.384 e. The van der Waals surface area contributed by atoms with E-state index in [-0.39, 0.29) is 6.04 Å². The lowest BCUT2D eigenvalue weighted by Crippen LogP contribution is -2.26. The fourth-order valence-electron chi connectivity index (χ4n) is 2.31. The molecule has 1 aliphatic rings. The van der Waals surface area contributed by atoms with E-state index in [9.17, 15) is 0 Å². The van der Waals surface area contributed by atoms with Crippen molar-refractivity contribution in [3.63, 3.8) is 0 Å². The van der Waals surface area contributed by atoms with Crippen molar-refractivity contribution < 1.29 is 4.74 Å². The predicted octanol–water partition coefficient (Wildman–Crippen LogP) is 2.88. The quantitative estimate of drug-likeness (QED) is 0.710. The Morgan fingerprint density at radius 1 is 1.40 bits per heavy atom. The van der Waals surface area contributed by atoms with Gasteiger partial charge in [0.05, 0.1) is 0 Å². The van der Waals surface area contributed by atoms with Gasteiger partial charge >= 0.3 is 0 Å². The van der Waals surface area contributed by atoms with E-state index in [0.717, 1.165) is 13.0 Å². The summed E-state index contributed by atoms with van der Waals surface area (Å²) >= 11 is 0. The van der Waals surface area contributed by atoms with E-state index in [2.05, 4.69) is 13.0 Å². The maximum atomic E-state index is 6.23. The molecule has 0 radical (unpaired) electrons. The minimum atomic E-state index is 0.258. The van der Waals surface area contributed by atoms with Gasteiger partial charge in [0.2, 0.25) is 0 Å². The van der Waals surface area contributed by atoms with Crippen LogP contribution in [0.4, 0.5) is 0 Å². The van der Waals surface area contributed by atoms with Crippen molar-refractivity contribution in [1.29, 1.82) is 0 Å². The highest BCUT2D eigenvalue weighted by Gasteiger charge is 2.14. The number of methoxy groups -OCH3 is 1. The van der Waals surface area contributed by atoms with Gasteiger partial charge in [-0.3, -0.25) is 0 Å². The van der Waals surface area contributed by atoms with Crippen molar-refractivity contribution in [2.24, 2.45) is 11.7 Å². The van der Waals surface area contributed by atoms with Crippen LogP contribution in [0.2, 0.25) is 0 Å². The average Bonchev–Trinajstić information content (AvgIpc) is 2.45. The highest BCUT2D eigenvalue weighted by Crippen LogP contribution is 2.22. The Morgan fingerprint density at radius 3 is 2.93 bits per heavy atom. The summed E-state index contributed by atoms with van der Waals surface area (Å²) in [4.78, 5) is 0. The molecule has 2 heteroatoms. The van der Waals surface area contributed by atoms with Gasteiger partial charge in [0.25, 0.3) is 0 Å². The normalized spacial score (nSPS) is 21.7. The van der Waals surface area contributed by atoms with E-state index in [1.165, 1.54) is 37.7 Å².